The Morgan fingerprint density at radius 3 is 2.23 bits per heavy atom. The van der Waals surface area contributed by atoms with Crippen LogP contribution >= 0.6 is 0 Å². The van der Waals surface area contributed by atoms with Crippen LogP contribution in [-0.2, 0) is 28.5 Å². The molecule has 35 heavy (non-hydrogen) atoms. The Kier molecular flexibility index (Phi) is 8.46. The summed E-state index contributed by atoms with van der Waals surface area (Å²) in [4.78, 5) is 14.8. The van der Waals surface area contributed by atoms with E-state index in [0.29, 0.717) is 37.9 Å². The van der Waals surface area contributed by atoms with Crippen LogP contribution in [0.15, 0.2) is 48.5 Å². The lowest BCUT2D eigenvalue weighted by Gasteiger charge is -2.42. The Balaban J connectivity index is 1.88. The quantitative estimate of drug-likeness (QED) is 0.274. The first-order chi connectivity index (χ1) is 16.5. The highest BCUT2D eigenvalue weighted by Gasteiger charge is 2.38. The molecule has 2 aromatic rings. The van der Waals surface area contributed by atoms with Crippen LogP contribution in [0.2, 0.25) is 0 Å². The van der Waals surface area contributed by atoms with Gasteiger partial charge in [0.2, 0.25) is 6.41 Å². The fourth-order valence-corrected chi connectivity index (χ4v) is 4.21. The average Bonchev–Trinajstić information content (AvgIpc) is 2.81. The van der Waals surface area contributed by atoms with Gasteiger partial charge in [-0.2, -0.15) is 26.3 Å². The summed E-state index contributed by atoms with van der Waals surface area (Å²) >= 11 is 0. The number of alkyl halides is 6. The van der Waals surface area contributed by atoms with E-state index in [1.54, 1.807) is 0 Å². The lowest BCUT2D eigenvalue weighted by Crippen LogP contribution is -2.47. The van der Waals surface area contributed by atoms with Gasteiger partial charge in [-0.05, 0) is 42.2 Å². The van der Waals surface area contributed by atoms with E-state index in [-0.39, 0.29) is 30.9 Å². The summed E-state index contributed by atoms with van der Waals surface area (Å²) in [6, 6.07) is 10.2. The number of hydrogen-bond acceptors (Lipinski definition) is 3. The Labute approximate surface area is 199 Å². The van der Waals surface area contributed by atoms with Gasteiger partial charge in [0.1, 0.15) is 0 Å². The maximum absolute atomic E-state index is 13.2. The lowest BCUT2D eigenvalue weighted by molar-refractivity contribution is -0.143. The second kappa shape index (κ2) is 11.1. The standard InChI is InChI=1S/C25H24F6N2O2/c1-2-10-32(17-34)16-33-11-6-9-22(23(33)19-7-4-3-5-8-19)35-15-18-12-20(24(26,27)28)14-21(13-18)25(29,30)31/h1,3-5,7-8,12-14,17,22-23H,6,9-11,15-16H2/t22-,23-/m1/s1. The molecule has 4 nitrogen and oxygen atoms in total. The van der Waals surface area contributed by atoms with E-state index in [9.17, 15) is 31.1 Å². The fraction of sp³-hybridized carbons (Fsp3) is 0.400. The third-order valence-corrected chi connectivity index (χ3v) is 5.74. The number of piperidine rings is 1. The predicted octanol–water partition coefficient (Wildman–Crippen LogP) is 5.50. The molecule has 0 unspecified atom stereocenters. The van der Waals surface area contributed by atoms with Gasteiger partial charge in [0.25, 0.3) is 0 Å². The number of rotatable bonds is 8. The first kappa shape index (κ1) is 26.6. The van der Waals surface area contributed by atoms with E-state index < -0.39 is 36.2 Å². The molecule has 0 aromatic heterocycles. The highest BCUT2D eigenvalue weighted by atomic mass is 19.4. The molecular weight excluding hydrogens is 474 g/mol. The summed E-state index contributed by atoms with van der Waals surface area (Å²) in [6.45, 7) is 0.471. The Morgan fingerprint density at radius 1 is 1.06 bits per heavy atom. The van der Waals surface area contributed by atoms with Crippen LogP contribution in [-0.4, -0.2) is 42.1 Å². The maximum Gasteiger partial charge on any atom is 0.416 e. The lowest BCUT2D eigenvalue weighted by atomic mass is 9.92. The third-order valence-electron chi connectivity index (χ3n) is 5.74. The minimum absolute atomic E-state index is 0.0947. The highest BCUT2D eigenvalue weighted by Crippen LogP contribution is 2.38. The van der Waals surface area contributed by atoms with E-state index in [4.69, 9.17) is 11.2 Å². The number of terminal acetylenes is 1. The minimum Gasteiger partial charge on any atom is -0.372 e. The first-order valence-electron chi connectivity index (χ1n) is 10.8. The van der Waals surface area contributed by atoms with Crippen molar-refractivity contribution in [3.63, 3.8) is 0 Å². The molecule has 2 aromatic carbocycles. The molecule has 2 atom stereocenters. The molecule has 0 N–H and O–H groups in total. The Bertz CT molecular complexity index is 1000. The van der Waals surface area contributed by atoms with Crippen molar-refractivity contribution in [2.24, 2.45) is 0 Å². The molecule has 0 bridgehead atoms. The monoisotopic (exact) mass is 498 g/mol. The van der Waals surface area contributed by atoms with Gasteiger partial charge in [-0.25, -0.2) is 0 Å². The number of carbonyl (C=O) groups is 1. The summed E-state index contributed by atoms with van der Waals surface area (Å²) in [6.07, 6.45) is -3.24. The molecule has 1 fully saturated rings. The third kappa shape index (κ3) is 6.99. The molecule has 1 heterocycles. The van der Waals surface area contributed by atoms with Gasteiger partial charge in [0, 0.05) is 6.54 Å². The highest BCUT2D eigenvalue weighted by molar-refractivity contribution is 5.47. The number of carbonyl (C=O) groups excluding carboxylic acids is 1. The van der Waals surface area contributed by atoms with E-state index in [0.717, 1.165) is 5.56 Å². The van der Waals surface area contributed by atoms with Crippen LogP contribution in [0, 0.1) is 12.3 Å². The molecular formula is C25H24F6N2O2. The molecule has 0 radical (unpaired) electrons. The number of nitrogens with zero attached hydrogens (tertiary/aromatic N) is 2. The summed E-state index contributed by atoms with van der Waals surface area (Å²) in [5.41, 5.74) is -2.14. The molecule has 1 saturated heterocycles. The number of benzene rings is 2. The number of hydrogen-bond donors (Lipinski definition) is 0. The van der Waals surface area contributed by atoms with Crippen molar-refractivity contribution < 1.29 is 35.9 Å². The zero-order valence-electron chi connectivity index (χ0n) is 18.6. The summed E-state index contributed by atoms with van der Waals surface area (Å²) < 4.78 is 85.3. The van der Waals surface area contributed by atoms with Crippen molar-refractivity contribution in [3.8, 4) is 12.3 Å². The summed E-state index contributed by atoms with van der Waals surface area (Å²) in [5, 5.41) is 0. The second-order valence-electron chi connectivity index (χ2n) is 8.27. The molecule has 1 aliphatic heterocycles. The molecule has 3 rings (SSSR count). The number of ether oxygens (including phenoxy) is 1. The van der Waals surface area contributed by atoms with Crippen molar-refractivity contribution in [2.75, 3.05) is 19.8 Å². The molecule has 10 heteroatoms. The molecule has 0 aliphatic carbocycles. The van der Waals surface area contributed by atoms with Gasteiger partial charge in [0.05, 0.1) is 43.1 Å². The Morgan fingerprint density at radius 2 is 1.69 bits per heavy atom. The van der Waals surface area contributed by atoms with Crippen molar-refractivity contribution in [3.05, 3.63) is 70.8 Å². The number of likely N-dealkylation sites (tertiary alicyclic amines) is 1. The smallest absolute Gasteiger partial charge is 0.372 e. The van der Waals surface area contributed by atoms with Crippen LogP contribution in [0.5, 0.6) is 0 Å². The largest absolute Gasteiger partial charge is 0.416 e. The molecule has 1 aliphatic rings. The van der Waals surface area contributed by atoms with E-state index in [1.165, 1.54) is 4.90 Å². The van der Waals surface area contributed by atoms with Crippen molar-refractivity contribution in [2.45, 2.75) is 43.9 Å². The predicted molar refractivity (Wildman–Crippen MR) is 117 cm³/mol. The topological polar surface area (TPSA) is 32.8 Å². The first-order valence-corrected chi connectivity index (χ1v) is 10.8. The van der Waals surface area contributed by atoms with Crippen molar-refractivity contribution >= 4 is 6.41 Å². The van der Waals surface area contributed by atoms with E-state index in [1.807, 2.05) is 35.2 Å². The van der Waals surface area contributed by atoms with Gasteiger partial charge in [-0.15, -0.1) is 6.42 Å². The van der Waals surface area contributed by atoms with Crippen LogP contribution in [0.4, 0.5) is 26.3 Å². The van der Waals surface area contributed by atoms with Crippen molar-refractivity contribution in [1.29, 1.82) is 0 Å². The van der Waals surface area contributed by atoms with Gasteiger partial charge in [-0.3, -0.25) is 9.69 Å². The van der Waals surface area contributed by atoms with Crippen LogP contribution < -0.4 is 0 Å². The summed E-state index contributed by atoms with van der Waals surface area (Å²) in [5.74, 6) is 2.41. The minimum atomic E-state index is -4.93. The zero-order chi connectivity index (χ0) is 25.6. The average molecular weight is 498 g/mol. The van der Waals surface area contributed by atoms with Crippen LogP contribution in [0.25, 0.3) is 0 Å². The molecule has 0 spiro atoms. The van der Waals surface area contributed by atoms with Crippen LogP contribution in [0.1, 0.15) is 41.1 Å². The molecule has 188 valence electrons. The molecule has 1 amide bonds. The van der Waals surface area contributed by atoms with Gasteiger partial charge in [-0.1, -0.05) is 36.3 Å². The number of amides is 1. The van der Waals surface area contributed by atoms with E-state index in [2.05, 4.69) is 5.92 Å². The zero-order valence-corrected chi connectivity index (χ0v) is 18.6. The van der Waals surface area contributed by atoms with Gasteiger partial charge >= 0.3 is 12.4 Å². The number of halogens is 6. The maximum atomic E-state index is 13.2. The van der Waals surface area contributed by atoms with Gasteiger partial charge < -0.3 is 9.64 Å². The fourth-order valence-electron chi connectivity index (χ4n) is 4.21. The normalized spacial score (nSPS) is 19.2. The Hall–Kier alpha value is -3.03. The second-order valence-corrected chi connectivity index (χ2v) is 8.27. The van der Waals surface area contributed by atoms with E-state index >= 15 is 0 Å². The SMILES string of the molecule is C#CCN(C=O)CN1CCC[C@@H](OCc2cc(C(F)(F)F)cc(C(F)(F)F)c2)[C@H]1c1ccccc1. The molecule has 0 saturated carbocycles. The summed E-state index contributed by atoms with van der Waals surface area (Å²) in [7, 11) is 0. The van der Waals surface area contributed by atoms with Gasteiger partial charge in [0.15, 0.2) is 0 Å². The van der Waals surface area contributed by atoms with Crippen molar-refractivity contribution in [1.82, 2.24) is 9.80 Å². The van der Waals surface area contributed by atoms with Crippen LogP contribution in [0.3, 0.4) is 0 Å².